The number of amides is 1. The van der Waals surface area contributed by atoms with E-state index >= 15 is 0 Å². The highest BCUT2D eigenvalue weighted by Crippen LogP contribution is 2.22. The van der Waals surface area contributed by atoms with Gasteiger partial charge in [0.1, 0.15) is 28.6 Å². The van der Waals surface area contributed by atoms with Crippen molar-refractivity contribution in [3.8, 4) is 0 Å². The summed E-state index contributed by atoms with van der Waals surface area (Å²) in [6.45, 7) is 2.11. The lowest BCUT2D eigenvalue weighted by molar-refractivity contribution is 0.0999. The van der Waals surface area contributed by atoms with Crippen LogP contribution >= 0.6 is 0 Å². The number of carbonyl (C=O) groups excluding carboxylic acids is 1. The number of halogens is 1. The van der Waals surface area contributed by atoms with Gasteiger partial charge in [0, 0.05) is 24.9 Å². The molecule has 4 aromatic rings. The second-order valence-electron chi connectivity index (χ2n) is 8.04. The van der Waals surface area contributed by atoms with E-state index in [0.717, 1.165) is 0 Å². The highest BCUT2D eigenvalue weighted by molar-refractivity contribution is 7.91. The molecule has 5 N–H and O–H groups in total. The number of aryl methyl sites for hydroxylation is 1. The summed E-state index contributed by atoms with van der Waals surface area (Å²) in [5.74, 6) is -2.13. The summed E-state index contributed by atoms with van der Waals surface area (Å²) in [5, 5.41) is 0.187. The van der Waals surface area contributed by atoms with E-state index in [9.17, 15) is 22.4 Å². The third-order valence-electron chi connectivity index (χ3n) is 5.52. The third-order valence-corrected chi connectivity index (χ3v) is 6.72. The molecule has 4 rings (SSSR count). The van der Waals surface area contributed by atoms with Crippen LogP contribution in [0.4, 0.5) is 15.9 Å². The summed E-state index contributed by atoms with van der Waals surface area (Å²) < 4.78 is 43.3. The maximum atomic E-state index is 14.8. The predicted molar refractivity (Wildman–Crippen MR) is 134 cm³/mol. The van der Waals surface area contributed by atoms with Crippen molar-refractivity contribution < 1.29 is 17.6 Å². The fourth-order valence-electron chi connectivity index (χ4n) is 3.87. The van der Waals surface area contributed by atoms with E-state index in [0.29, 0.717) is 23.5 Å². The molecule has 0 atom stereocenters. The molecule has 0 spiro atoms. The minimum absolute atomic E-state index is 0.0690. The van der Waals surface area contributed by atoms with E-state index in [-0.39, 0.29) is 34.5 Å². The average molecular weight is 511 g/mol. The van der Waals surface area contributed by atoms with Gasteiger partial charge in [0.2, 0.25) is 15.5 Å². The van der Waals surface area contributed by atoms with E-state index < -0.39 is 32.9 Å². The summed E-state index contributed by atoms with van der Waals surface area (Å²) >= 11 is 0. The van der Waals surface area contributed by atoms with Gasteiger partial charge in [0.25, 0.3) is 5.91 Å². The molecule has 186 valence electrons. The Morgan fingerprint density at radius 3 is 2.56 bits per heavy atom. The van der Waals surface area contributed by atoms with Crippen LogP contribution in [0.25, 0.3) is 11.0 Å². The van der Waals surface area contributed by atoms with Gasteiger partial charge in [-0.25, -0.2) is 17.8 Å². The molecule has 36 heavy (non-hydrogen) atoms. The van der Waals surface area contributed by atoms with Gasteiger partial charge in [0.15, 0.2) is 0 Å². The average Bonchev–Trinajstić information content (AvgIpc) is 2.81. The number of hydrogen-bond donors (Lipinski definition) is 3. The van der Waals surface area contributed by atoms with Gasteiger partial charge in [-0.2, -0.15) is 0 Å². The second kappa shape index (κ2) is 9.74. The molecule has 0 aliphatic heterocycles. The fraction of sp³-hybridized carbons (Fsp3) is 0.167. The maximum absolute atomic E-state index is 14.8. The fourth-order valence-corrected chi connectivity index (χ4v) is 5.00. The highest BCUT2D eigenvalue weighted by Gasteiger charge is 2.20. The lowest BCUT2D eigenvalue weighted by Gasteiger charge is -2.15. The zero-order chi connectivity index (χ0) is 26.0. The molecular weight excluding hydrogens is 487 g/mol. The SMILES string of the molecule is CCn1c(N)c(C(N)=O)c(=O)c2ccc(Cc3ccc(NS(=O)(=O)Cc4ccccn4)c(F)c3)nc21. The number of benzene rings is 1. The van der Waals surface area contributed by atoms with E-state index in [1.165, 1.54) is 29.0 Å². The van der Waals surface area contributed by atoms with E-state index in [1.54, 1.807) is 37.3 Å². The first kappa shape index (κ1) is 24.8. The standard InChI is InChI=1S/C24H23FN6O4S/c1-2-31-22(26)20(23(27)33)21(32)17-8-7-15(29-24(17)31)11-14-6-9-19(18(25)12-14)30-36(34,35)13-16-5-3-4-10-28-16/h3-10,12,30H,2,11,13,26H2,1H3,(H2,27,33). The highest BCUT2D eigenvalue weighted by atomic mass is 32.2. The van der Waals surface area contributed by atoms with Gasteiger partial charge in [-0.3, -0.25) is 19.3 Å². The van der Waals surface area contributed by atoms with Crippen LogP contribution in [0.5, 0.6) is 0 Å². The number of rotatable bonds is 8. The number of nitrogens with one attached hydrogen (secondary N) is 1. The lowest BCUT2D eigenvalue weighted by Crippen LogP contribution is -2.28. The molecule has 0 aliphatic rings. The first-order chi connectivity index (χ1) is 17.1. The summed E-state index contributed by atoms with van der Waals surface area (Å²) in [7, 11) is -3.87. The molecule has 3 aromatic heterocycles. The number of hydrogen-bond acceptors (Lipinski definition) is 7. The van der Waals surface area contributed by atoms with Gasteiger partial charge >= 0.3 is 0 Å². The summed E-state index contributed by atoms with van der Waals surface area (Å²) in [6, 6.07) is 12.1. The molecule has 0 fully saturated rings. The Hall–Kier alpha value is -4.32. The number of carbonyl (C=O) groups is 1. The number of primary amides is 1. The Bertz CT molecular complexity index is 1640. The smallest absolute Gasteiger partial charge is 0.256 e. The number of nitrogen functional groups attached to an aromatic ring is 1. The molecule has 1 amide bonds. The quantitative estimate of drug-likeness (QED) is 0.327. The van der Waals surface area contributed by atoms with Crippen LogP contribution in [0.2, 0.25) is 0 Å². The minimum Gasteiger partial charge on any atom is -0.384 e. The van der Waals surface area contributed by atoms with Crippen molar-refractivity contribution in [2.45, 2.75) is 25.6 Å². The largest absolute Gasteiger partial charge is 0.384 e. The number of nitrogens with zero attached hydrogens (tertiary/aromatic N) is 3. The Balaban J connectivity index is 1.60. The molecular formula is C24H23FN6O4S. The van der Waals surface area contributed by atoms with Crippen molar-refractivity contribution >= 4 is 38.5 Å². The topological polar surface area (TPSA) is 163 Å². The molecule has 3 heterocycles. The van der Waals surface area contributed by atoms with Gasteiger partial charge in [-0.15, -0.1) is 0 Å². The van der Waals surface area contributed by atoms with E-state index in [1.807, 2.05) is 0 Å². The van der Waals surface area contributed by atoms with Crippen molar-refractivity contribution in [2.75, 3.05) is 10.5 Å². The molecule has 0 unspecified atom stereocenters. The molecule has 0 saturated heterocycles. The zero-order valence-electron chi connectivity index (χ0n) is 19.2. The molecule has 10 nitrogen and oxygen atoms in total. The van der Waals surface area contributed by atoms with Gasteiger partial charge in [-0.1, -0.05) is 12.1 Å². The van der Waals surface area contributed by atoms with Crippen molar-refractivity contribution in [1.82, 2.24) is 14.5 Å². The Morgan fingerprint density at radius 2 is 1.92 bits per heavy atom. The van der Waals surface area contributed by atoms with Crippen molar-refractivity contribution in [2.24, 2.45) is 5.73 Å². The second-order valence-corrected chi connectivity index (χ2v) is 9.77. The van der Waals surface area contributed by atoms with E-state index in [2.05, 4.69) is 14.7 Å². The first-order valence-corrected chi connectivity index (χ1v) is 12.6. The normalized spacial score (nSPS) is 11.5. The predicted octanol–water partition coefficient (Wildman–Crippen LogP) is 2.16. The monoisotopic (exact) mass is 510 g/mol. The third kappa shape index (κ3) is 5.03. The Morgan fingerprint density at radius 1 is 1.14 bits per heavy atom. The number of pyridine rings is 3. The molecule has 0 saturated carbocycles. The summed E-state index contributed by atoms with van der Waals surface area (Å²) in [6.07, 6.45) is 1.68. The number of fused-ring (bicyclic) bond motifs is 1. The molecule has 0 aliphatic carbocycles. The van der Waals surface area contributed by atoms with Crippen LogP contribution in [0.3, 0.4) is 0 Å². The van der Waals surface area contributed by atoms with Crippen LogP contribution in [0.15, 0.2) is 59.5 Å². The van der Waals surface area contributed by atoms with Crippen LogP contribution in [0.1, 0.15) is 34.2 Å². The number of nitrogens with two attached hydrogens (primary N) is 2. The van der Waals surface area contributed by atoms with Gasteiger partial charge < -0.3 is 16.0 Å². The molecule has 0 radical (unpaired) electrons. The lowest BCUT2D eigenvalue weighted by atomic mass is 10.1. The van der Waals surface area contributed by atoms with Crippen LogP contribution in [-0.4, -0.2) is 28.9 Å². The minimum atomic E-state index is -3.87. The Kier molecular flexibility index (Phi) is 6.71. The molecule has 0 bridgehead atoms. The first-order valence-electron chi connectivity index (χ1n) is 10.9. The molecule has 1 aromatic carbocycles. The Labute approximate surface area is 205 Å². The maximum Gasteiger partial charge on any atom is 0.256 e. The van der Waals surface area contributed by atoms with E-state index in [4.69, 9.17) is 11.5 Å². The van der Waals surface area contributed by atoms with Crippen LogP contribution in [0, 0.1) is 5.82 Å². The summed E-state index contributed by atoms with van der Waals surface area (Å²) in [4.78, 5) is 32.9. The zero-order valence-corrected chi connectivity index (χ0v) is 20.0. The number of sulfonamides is 1. The van der Waals surface area contributed by atoms with Crippen LogP contribution in [-0.2, 0) is 28.7 Å². The van der Waals surface area contributed by atoms with Crippen LogP contribution < -0.4 is 21.6 Å². The van der Waals surface area contributed by atoms with Gasteiger partial charge in [0.05, 0.1) is 16.8 Å². The number of aromatic nitrogens is 3. The number of anilines is 2. The molecule has 12 heteroatoms. The van der Waals surface area contributed by atoms with Crippen molar-refractivity contribution in [3.63, 3.8) is 0 Å². The van der Waals surface area contributed by atoms with Crippen molar-refractivity contribution in [1.29, 1.82) is 0 Å². The summed E-state index contributed by atoms with van der Waals surface area (Å²) in [5.41, 5.74) is 11.9. The van der Waals surface area contributed by atoms with Crippen molar-refractivity contribution in [3.05, 3.63) is 93.3 Å². The van der Waals surface area contributed by atoms with Gasteiger partial charge in [-0.05, 0) is 48.9 Å².